The van der Waals surface area contributed by atoms with Gasteiger partial charge in [0.05, 0.1) is 14.2 Å². The highest BCUT2D eigenvalue weighted by molar-refractivity contribution is 7.10. The number of aryl methyl sites for hydroxylation is 1. The second-order valence-electron chi connectivity index (χ2n) is 4.60. The van der Waals surface area contributed by atoms with Gasteiger partial charge in [-0.2, -0.15) is 0 Å². The maximum Gasteiger partial charge on any atom is 0.126 e. The summed E-state index contributed by atoms with van der Waals surface area (Å²) in [7, 11) is 3.26. The van der Waals surface area contributed by atoms with Crippen molar-refractivity contribution < 1.29 is 14.2 Å². The van der Waals surface area contributed by atoms with Crippen LogP contribution in [-0.2, 0) is 6.54 Å². The summed E-state index contributed by atoms with van der Waals surface area (Å²) < 4.78 is 16.1. The Morgan fingerprint density at radius 1 is 1.05 bits per heavy atom. The van der Waals surface area contributed by atoms with Crippen LogP contribution in [0.25, 0.3) is 0 Å². The van der Waals surface area contributed by atoms with Crippen molar-refractivity contribution in [3.8, 4) is 17.2 Å². The van der Waals surface area contributed by atoms with Crippen LogP contribution >= 0.6 is 11.3 Å². The molecule has 0 amide bonds. The van der Waals surface area contributed by atoms with E-state index in [4.69, 9.17) is 14.2 Å². The molecule has 1 aromatic heterocycles. The fourth-order valence-corrected chi connectivity index (χ4v) is 2.77. The maximum atomic E-state index is 5.72. The highest BCUT2D eigenvalue weighted by Crippen LogP contribution is 2.27. The Hall–Kier alpha value is -1.72. The van der Waals surface area contributed by atoms with Gasteiger partial charge in [-0.15, -0.1) is 11.3 Å². The summed E-state index contributed by atoms with van der Waals surface area (Å²) >= 11 is 1.78. The topological polar surface area (TPSA) is 39.7 Å². The van der Waals surface area contributed by atoms with Gasteiger partial charge in [-0.05, 0) is 23.9 Å². The van der Waals surface area contributed by atoms with Gasteiger partial charge in [0.25, 0.3) is 0 Å². The van der Waals surface area contributed by atoms with Gasteiger partial charge >= 0.3 is 0 Å². The van der Waals surface area contributed by atoms with Crippen molar-refractivity contribution in [3.05, 3.63) is 40.1 Å². The Labute approximate surface area is 129 Å². The lowest BCUT2D eigenvalue weighted by Crippen LogP contribution is -2.20. The first kappa shape index (κ1) is 15.7. The summed E-state index contributed by atoms with van der Waals surface area (Å²) in [6, 6.07) is 7.67. The minimum Gasteiger partial charge on any atom is -0.496 e. The Balaban J connectivity index is 1.77. The molecule has 21 heavy (non-hydrogen) atoms. The van der Waals surface area contributed by atoms with E-state index in [2.05, 4.69) is 23.7 Å². The lowest BCUT2D eigenvalue weighted by Gasteiger charge is -2.10. The molecular weight excluding hydrogens is 286 g/mol. The highest BCUT2D eigenvalue weighted by atomic mass is 32.1. The molecule has 0 spiro atoms. The molecule has 0 saturated carbocycles. The molecule has 0 atom stereocenters. The lowest BCUT2D eigenvalue weighted by molar-refractivity contribution is 0.308. The zero-order valence-electron chi connectivity index (χ0n) is 12.6. The fraction of sp³-hybridized carbons (Fsp3) is 0.375. The number of ether oxygens (including phenoxy) is 3. The summed E-state index contributed by atoms with van der Waals surface area (Å²) in [4.78, 5) is 1.37. The monoisotopic (exact) mass is 307 g/mol. The lowest BCUT2D eigenvalue weighted by atomic mass is 10.3. The van der Waals surface area contributed by atoms with E-state index in [0.717, 1.165) is 30.3 Å². The normalized spacial score (nSPS) is 10.4. The van der Waals surface area contributed by atoms with E-state index in [1.807, 2.05) is 18.2 Å². The molecule has 5 heteroatoms. The van der Waals surface area contributed by atoms with Crippen LogP contribution in [0.15, 0.2) is 29.6 Å². The molecule has 0 bridgehead atoms. The maximum absolute atomic E-state index is 5.72. The van der Waals surface area contributed by atoms with Crippen molar-refractivity contribution >= 4 is 11.3 Å². The van der Waals surface area contributed by atoms with Gasteiger partial charge in [-0.1, -0.05) is 0 Å². The van der Waals surface area contributed by atoms with Crippen LogP contribution in [0.5, 0.6) is 17.2 Å². The molecule has 0 aliphatic heterocycles. The second kappa shape index (κ2) is 7.90. The van der Waals surface area contributed by atoms with Gasteiger partial charge in [-0.25, -0.2) is 0 Å². The molecule has 0 saturated heterocycles. The van der Waals surface area contributed by atoms with Gasteiger partial charge in [0.1, 0.15) is 23.9 Å². The van der Waals surface area contributed by atoms with Crippen molar-refractivity contribution in [3.63, 3.8) is 0 Å². The van der Waals surface area contributed by atoms with E-state index < -0.39 is 0 Å². The molecule has 114 valence electrons. The Morgan fingerprint density at radius 2 is 1.71 bits per heavy atom. The van der Waals surface area contributed by atoms with Crippen LogP contribution in [0.2, 0.25) is 0 Å². The van der Waals surface area contributed by atoms with Crippen molar-refractivity contribution in [2.45, 2.75) is 13.5 Å². The third kappa shape index (κ3) is 4.65. The van der Waals surface area contributed by atoms with Gasteiger partial charge in [0.2, 0.25) is 0 Å². The van der Waals surface area contributed by atoms with Crippen molar-refractivity contribution in [1.82, 2.24) is 5.32 Å². The summed E-state index contributed by atoms with van der Waals surface area (Å²) in [5.74, 6) is 2.21. The molecule has 0 fully saturated rings. The van der Waals surface area contributed by atoms with Gasteiger partial charge in [0, 0.05) is 36.2 Å². The van der Waals surface area contributed by atoms with Crippen molar-refractivity contribution in [2.75, 3.05) is 27.4 Å². The average Bonchev–Trinajstić information content (AvgIpc) is 2.92. The molecule has 2 rings (SSSR count). The standard InChI is InChI=1S/C16H21NO3S/c1-12-4-7-21-16(12)11-17-5-6-20-15-9-13(18-2)8-14(10-15)19-3/h4,7-10,17H,5-6,11H2,1-3H3. The van der Waals surface area contributed by atoms with Gasteiger partial charge < -0.3 is 19.5 Å². The van der Waals surface area contributed by atoms with E-state index in [9.17, 15) is 0 Å². The van der Waals surface area contributed by atoms with Crippen LogP contribution in [0.4, 0.5) is 0 Å². The SMILES string of the molecule is COc1cc(OC)cc(OCCNCc2sccc2C)c1. The minimum absolute atomic E-state index is 0.598. The number of rotatable bonds is 8. The minimum atomic E-state index is 0.598. The number of hydrogen-bond acceptors (Lipinski definition) is 5. The first-order chi connectivity index (χ1) is 10.2. The molecule has 1 N–H and O–H groups in total. The van der Waals surface area contributed by atoms with Crippen LogP contribution in [-0.4, -0.2) is 27.4 Å². The van der Waals surface area contributed by atoms with Crippen LogP contribution < -0.4 is 19.5 Å². The van der Waals surface area contributed by atoms with Crippen LogP contribution in [0.1, 0.15) is 10.4 Å². The fourth-order valence-electron chi connectivity index (χ4n) is 1.89. The van der Waals surface area contributed by atoms with Crippen molar-refractivity contribution in [2.24, 2.45) is 0 Å². The molecule has 0 aliphatic carbocycles. The average molecular weight is 307 g/mol. The zero-order chi connectivity index (χ0) is 15.1. The predicted octanol–water partition coefficient (Wildman–Crippen LogP) is 3.24. The summed E-state index contributed by atoms with van der Waals surface area (Å²) in [6.07, 6.45) is 0. The van der Waals surface area contributed by atoms with E-state index in [0.29, 0.717) is 6.61 Å². The molecule has 0 radical (unpaired) electrons. The number of methoxy groups -OCH3 is 2. The smallest absolute Gasteiger partial charge is 0.126 e. The Bertz CT molecular complexity index is 546. The molecule has 0 unspecified atom stereocenters. The molecule has 2 aromatic rings. The summed E-state index contributed by atoms with van der Waals surface area (Å²) in [5.41, 5.74) is 1.34. The molecule has 1 aromatic carbocycles. The van der Waals surface area contributed by atoms with Crippen molar-refractivity contribution in [1.29, 1.82) is 0 Å². The number of thiophene rings is 1. The molecule has 4 nitrogen and oxygen atoms in total. The third-order valence-corrected chi connectivity index (χ3v) is 4.15. The van der Waals surface area contributed by atoms with E-state index in [1.165, 1.54) is 10.4 Å². The Morgan fingerprint density at radius 3 is 2.29 bits per heavy atom. The van der Waals surface area contributed by atoms with Crippen LogP contribution in [0.3, 0.4) is 0 Å². The second-order valence-corrected chi connectivity index (χ2v) is 5.60. The summed E-state index contributed by atoms with van der Waals surface area (Å²) in [5, 5.41) is 5.50. The van der Waals surface area contributed by atoms with E-state index in [1.54, 1.807) is 25.6 Å². The number of hydrogen-bond donors (Lipinski definition) is 1. The molecular formula is C16H21NO3S. The Kier molecular flexibility index (Phi) is 5.90. The zero-order valence-corrected chi connectivity index (χ0v) is 13.5. The highest BCUT2D eigenvalue weighted by Gasteiger charge is 2.03. The third-order valence-electron chi connectivity index (χ3n) is 3.13. The predicted molar refractivity (Wildman–Crippen MR) is 85.8 cm³/mol. The van der Waals surface area contributed by atoms with Gasteiger partial charge in [0.15, 0.2) is 0 Å². The first-order valence-corrected chi connectivity index (χ1v) is 7.70. The molecule has 1 heterocycles. The van der Waals surface area contributed by atoms with Crippen LogP contribution in [0, 0.1) is 6.92 Å². The number of nitrogens with one attached hydrogen (secondary N) is 1. The largest absolute Gasteiger partial charge is 0.496 e. The quantitative estimate of drug-likeness (QED) is 0.760. The van der Waals surface area contributed by atoms with Gasteiger partial charge in [-0.3, -0.25) is 0 Å². The van der Waals surface area contributed by atoms with E-state index in [-0.39, 0.29) is 0 Å². The summed E-state index contributed by atoms with van der Waals surface area (Å²) in [6.45, 7) is 4.40. The number of benzene rings is 1. The first-order valence-electron chi connectivity index (χ1n) is 6.82. The van der Waals surface area contributed by atoms with E-state index >= 15 is 0 Å². The molecule has 0 aliphatic rings.